The van der Waals surface area contributed by atoms with Gasteiger partial charge >= 0.3 is 0 Å². The fraction of sp³-hybridized carbons (Fsp3) is 0.273. The Morgan fingerprint density at radius 2 is 1.58 bits per heavy atom. The Hall–Kier alpha value is -1.08. The van der Waals surface area contributed by atoms with Gasteiger partial charge in [0.05, 0.1) is 0 Å². The lowest BCUT2D eigenvalue weighted by Gasteiger charge is -2.03. The van der Waals surface area contributed by atoms with Gasteiger partial charge in [-0.1, -0.05) is 36.5 Å². The van der Waals surface area contributed by atoms with E-state index in [0.717, 1.165) is 6.42 Å². The third kappa shape index (κ3) is 0.718. The minimum atomic E-state index is 0.240. The van der Waals surface area contributed by atoms with Gasteiger partial charge in [0, 0.05) is 0 Å². The highest BCUT2D eigenvalue weighted by atomic mass is 16.5. The maximum Gasteiger partial charge on any atom is 0.102 e. The van der Waals surface area contributed by atoms with E-state index in [9.17, 15) is 0 Å². The molecule has 1 nitrogen and oxygen atoms in total. The zero-order valence-corrected chi connectivity index (χ0v) is 6.73. The molecule has 1 heteroatoms. The summed E-state index contributed by atoms with van der Waals surface area (Å²) < 4.78 is 5.69. The van der Waals surface area contributed by atoms with Crippen LogP contribution in [0.5, 0.6) is 0 Å². The molecular formula is C11H10O. The van der Waals surface area contributed by atoms with Gasteiger partial charge in [-0.2, -0.15) is 0 Å². The Labute approximate surface area is 71.7 Å². The van der Waals surface area contributed by atoms with Crippen molar-refractivity contribution < 1.29 is 4.74 Å². The molecule has 2 aliphatic heterocycles. The van der Waals surface area contributed by atoms with Crippen molar-refractivity contribution in [3.05, 3.63) is 47.6 Å². The first-order valence-electron chi connectivity index (χ1n) is 4.36. The fourth-order valence-corrected chi connectivity index (χ4v) is 1.98. The molecule has 0 saturated carbocycles. The van der Waals surface area contributed by atoms with E-state index in [1.54, 1.807) is 0 Å². The molecule has 60 valence electrons. The topological polar surface area (TPSA) is 9.23 Å². The van der Waals surface area contributed by atoms with Crippen LogP contribution in [0.15, 0.2) is 47.6 Å². The largest absolute Gasteiger partial charge is 0.357 e. The predicted molar refractivity (Wildman–Crippen MR) is 47.7 cm³/mol. The lowest BCUT2D eigenvalue weighted by atomic mass is 9.97. The zero-order chi connectivity index (χ0) is 7.97. The van der Waals surface area contributed by atoms with Crippen LogP contribution in [0.3, 0.4) is 0 Å². The third-order valence-electron chi connectivity index (χ3n) is 2.57. The molecule has 3 rings (SSSR count). The van der Waals surface area contributed by atoms with Gasteiger partial charge < -0.3 is 4.74 Å². The second-order valence-corrected chi connectivity index (χ2v) is 3.31. The van der Waals surface area contributed by atoms with Crippen molar-refractivity contribution in [3.63, 3.8) is 0 Å². The minimum Gasteiger partial charge on any atom is -0.357 e. The summed E-state index contributed by atoms with van der Waals surface area (Å²) in [4.78, 5) is 0. The summed E-state index contributed by atoms with van der Waals surface area (Å²) in [5.74, 6) is 0. The molecule has 2 heterocycles. The average molecular weight is 158 g/mol. The van der Waals surface area contributed by atoms with Gasteiger partial charge in [-0.25, -0.2) is 0 Å². The van der Waals surface area contributed by atoms with Crippen LogP contribution in [0, 0.1) is 0 Å². The molecule has 0 aromatic carbocycles. The molecule has 0 aromatic rings. The summed E-state index contributed by atoms with van der Waals surface area (Å²) >= 11 is 0. The Morgan fingerprint density at radius 1 is 1.00 bits per heavy atom. The van der Waals surface area contributed by atoms with E-state index in [4.69, 9.17) is 4.74 Å². The molecule has 0 N–H and O–H groups in total. The zero-order valence-electron chi connectivity index (χ0n) is 6.73. The summed E-state index contributed by atoms with van der Waals surface area (Å²) in [7, 11) is 0. The quantitative estimate of drug-likeness (QED) is 0.491. The molecule has 2 bridgehead atoms. The normalized spacial score (nSPS) is 36.0. The van der Waals surface area contributed by atoms with Gasteiger partial charge in [0.25, 0.3) is 0 Å². The van der Waals surface area contributed by atoms with Crippen molar-refractivity contribution in [3.8, 4) is 0 Å². The van der Waals surface area contributed by atoms with E-state index in [1.807, 2.05) is 0 Å². The van der Waals surface area contributed by atoms with Crippen molar-refractivity contribution in [2.45, 2.75) is 18.6 Å². The molecule has 0 fully saturated rings. The maximum absolute atomic E-state index is 5.69. The van der Waals surface area contributed by atoms with Crippen LogP contribution in [0.25, 0.3) is 0 Å². The van der Waals surface area contributed by atoms with Crippen LogP contribution >= 0.6 is 0 Å². The lowest BCUT2D eigenvalue weighted by Crippen LogP contribution is -2.01. The van der Waals surface area contributed by atoms with E-state index < -0.39 is 0 Å². The smallest absolute Gasteiger partial charge is 0.102 e. The highest BCUT2D eigenvalue weighted by Gasteiger charge is 2.33. The summed E-state index contributed by atoms with van der Waals surface area (Å²) in [5, 5.41) is 0. The van der Waals surface area contributed by atoms with E-state index in [-0.39, 0.29) is 12.2 Å². The van der Waals surface area contributed by atoms with Crippen molar-refractivity contribution in [2.24, 2.45) is 0 Å². The Balaban J connectivity index is 2.12. The second kappa shape index (κ2) is 2.20. The van der Waals surface area contributed by atoms with Crippen LogP contribution in [0.4, 0.5) is 0 Å². The summed E-state index contributed by atoms with van der Waals surface area (Å²) in [6.45, 7) is 0. The number of allylic oxidation sites excluding steroid dienone is 2. The second-order valence-electron chi connectivity index (χ2n) is 3.31. The van der Waals surface area contributed by atoms with Crippen LogP contribution in [0.1, 0.15) is 6.42 Å². The predicted octanol–water partition coefficient (Wildman–Crippen LogP) is 2.14. The maximum atomic E-state index is 5.69. The van der Waals surface area contributed by atoms with Crippen molar-refractivity contribution >= 4 is 0 Å². The Morgan fingerprint density at radius 3 is 2.17 bits per heavy atom. The number of hydrogen-bond acceptors (Lipinski definition) is 1. The molecule has 2 unspecified atom stereocenters. The van der Waals surface area contributed by atoms with Gasteiger partial charge in [0.15, 0.2) is 0 Å². The Bertz CT molecular complexity index is 301. The van der Waals surface area contributed by atoms with Gasteiger partial charge in [0.2, 0.25) is 0 Å². The molecule has 0 radical (unpaired) electrons. The van der Waals surface area contributed by atoms with E-state index in [2.05, 4.69) is 36.5 Å². The summed E-state index contributed by atoms with van der Waals surface area (Å²) in [5.41, 5.74) is 2.72. The number of rotatable bonds is 0. The molecule has 3 aliphatic rings. The molecule has 0 aromatic heterocycles. The van der Waals surface area contributed by atoms with Crippen LogP contribution in [-0.4, -0.2) is 12.2 Å². The highest BCUT2D eigenvalue weighted by Crippen LogP contribution is 2.36. The summed E-state index contributed by atoms with van der Waals surface area (Å²) in [6.07, 6.45) is 14.6. The van der Waals surface area contributed by atoms with Crippen LogP contribution in [-0.2, 0) is 4.74 Å². The van der Waals surface area contributed by atoms with Gasteiger partial charge in [-0.3, -0.25) is 0 Å². The Kier molecular flexibility index (Phi) is 1.18. The molecule has 12 heavy (non-hydrogen) atoms. The first-order chi connectivity index (χ1) is 5.95. The van der Waals surface area contributed by atoms with E-state index >= 15 is 0 Å². The monoisotopic (exact) mass is 158 g/mol. The summed E-state index contributed by atoms with van der Waals surface area (Å²) in [6, 6.07) is 0. The van der Waals surface area contributed by atoms with Crippen LogP contribution in [0.2, 0.25) is 0 Å². The highest BCUT2D eigenvalue weighted by molar-refractivity contribution is 5.50. The lowest BCUT2D eigenvalue weighted by molar-refractivity contribution is 0.130. The standard InChI is InChI=1S/C11H10O/c1-2-4-8-9(5-3-1)11-7-6-10(8)12-11/h2-7,10-11H,1H2. The first-order valence-corrected chi connectivity index (χ1v) is 4.36. The van der Waals surface area contributed by atoms with E-state index in [0.29, 0.717) is 0 Å². The SMILES string of the molecule is C1=CC2=C(C=CC1)C1C=CC2O1. The number of hydrogen-bond donors (Lipinski definition) is 0. The number of fused-ring (bicyclic) bond motifs is 4. The molecule has 0 amide bonds. The van der Waals surface area contributed by atoms with Crippen molar-refractivity contribution in [1.29, 1.82) is 0 Å². The third-order valence-corrected chi connectivity index (χ3v) is 2.57. The van der Waals surface area contributed by atoms with Crippen molar-refractivity contribution in [2.75, 3.05) is 0 Å². The fourth-order valence-electron chi connectivity index (χ4n) is 1.98. The van der Waals surface area contributed by atoms with E-state index in [1.165, 1.54) is 11.1 Å². The molecule has 1 aliphatic carbocycles. The molecular weight excluding hydrogens is 148 g/mol. The molecule has 0 spiro atoms. The van der Waals surface area contributed by atoms with Gasteiger partial charge in [-0.05, 0) is 17.6 Å². The minimum absolute atomic E-state index is 0.240. The van der Waals surface area contributed by atoms with Crippen molar-refractivity contribution in [1.82, 2.24) is 0 Å². The first kappa shape index (κ1) is 6.44. The van der Waals surface area contributed by atoms with Crippen LogP contribution < -0.4 is 0 Å². The van der Waals surface area contributed by atoms with Gasteiger partial charge in [-0.15, -0.1) is 0 Å². The van der Waals surface area contributed by atoms with Gasteiger partial charge in [0.1, 0.15) is 12.2 Å². The molecule has 2 atom stereocenters. The number of ether oxygens (including phenoxy) is 1. The molecule has 0 saturated heterocycles. The average Bonchev–Trinajstić information content (AvgIpc) is 2.58.